The van der Waals surface area contributed by atoms with Gasteiger partial charge in [0.15, 0.2) is 0 Å². The zero-order valence-corrected chi connectivity index (χ0v) is 20.8. The first-order chi connectivity index (χ1) is 15.3. The summed E-state index contributed by atoms with van der Waals surface area (Å²) in [4.78, 5) is 10.8. The van der Waals surface area contributed by atoms with Crippen molar-refractivity contribution in [3.63, 3.8) is 0 Å². The number of nitrogens with zero attached hydrogens (tertiary/aromatic N) is 3. The van der Waals surface area contributed by atoms with E-state index in [0.29, 0.717) is 0 Å². The minimum Gasteiger partial charge on any atom is -0.362 e. The maximum absolute atomic E-state index is 4.42. The molecule has 1 heterocycles. The van der Waals surface area contributed by atoms with Crippen molar-refractivity contribution in [2.75, 3.05) is 25.5 Å². The van der Waals surface area contributed by atoms with E-state index >= 15 is 0 Å². The summed E-state index contributed by atoms with van der Waals surface area (Å²) in [6.07, 6.45) is 5.69. The number of hydrogen-bond acceptors (Lipinski definition) is 4. The highest BCUT2D eigenvalue weighted by atomic mass is 15.1. The van der Waals surface area contributed by atoms with Gasteiger partial charge in [0.25, 0.3) is 0 Å². The molecule has 4 heteroatoms. The lowest BCUT2D eigenvalue weighted by molar-refractivity contribution is 0.281. The number of anilines is 1. The maximum Gasteiger partial charge on any atom is 0.139 e. The molecule has 1 aromatic heterocycles. The summed E-state index contributed by atoms with van der Waals surface area (Å²) in [5, 5.41) is 4.73. The van der Waals surface area contributed by atoms with Crippen LogP contribution in [-0.2, 0) is 6.54 Å². The highest BCUT2D eigenvalue weighted by molar-refractivity contribution is 5.89. The van der Waals surface area contributed by atoms with Crippen LogP contribution in [0.25, 0.3) is 10.9 Å². The quantitative estimate of drug-likeness (QED) is 0.519. The van der Waals surface area contributed by atoms with Gasteiger partial charge in [0.05, 0.1) is 5.52 Å². The monoisotopic (exact) mass is 432 g/mol. The molecule has 1 N–H and O–H groups in total. The number of benzene rings is 2. The fourth-order valence-electron chi connectivity index (χ4n) is 4.38. The van der Waals surface area contributed by atoms with E-state index in [2.05, 4.69) is 54.3 Å². The standard InChI is InChI=1S/C17H27N.C11H13N3/c1-13-4-7-16(8-5-13)11-18-12-17-9-6-14(2)15(3)10-17;1-8-12-10-7-5-4-6-9(10)11(13-8)14(2)3/h6,9-10,13,16,18H,4-5,7-8,11-12H2,1-3H3;4-7H,1-3H3. The largest absolute Gasteiger partial charge is 0.362 e. The highest BCUT2D eigenvalue weighted by Crippen LogP contribution is 2.27. The molecule has 32 heavy (non-hydrogen) atoms. The van der Waals surface area contributed by atoms with E-state index in [0.717, 1.165) is 40.9 Å². The predicted molar refractivity (Wildman–Crippen MR) is 137 cm³/mol. The van der Waals surface area contributed by atoms with Gasteiger partial charge in [-0.05, 0) is 80.8 Å². The van der Waals surface area contributed by atoms with Crippen molar-refractivity contribution in [3.8, 4) is 0 Å². The molecule has 0 bridgehead atoms. The lowest BCUT2D eigenvalue weighted by Gasteiger charge is -2.26. The van der Waals surface area contributed by atoms with Gasteiger partial charge in [-0.15, -0.1) is 0 Å². The van der Waals surface area contributed by atoms with E-state index in [9.17, 15) is 0 Å². The molecule has 0 aliphatic heterocycles. The molecule has 0 amide bonds. The molecular weight excluding hydrogens is 392 g/mol. The van der Waals surface area contributed by atoms with Gasteiger partial charge < -0.3 is 10.2 Å². The topological polar surface area (TPSA) is 41.1 Å². The molecular formula is C28H40N4. The Hall–Kier alpha value is -2.46. The van der Waals surface area contributed by atoms with Crippen LogP contribution >= 0.6 is 0 Å². The average Bonchev–Trinajstić information content (AvgIpc) is 2.77. The van der Waals surface area contributed by atoms with Crippen LogP contribution in [0.2, 0.25) is 0 Å². The second-order valence-corrected chi connectivity index (χ2v) is 9.68. The number of para-hydroxylation sites is 1. The van der Waals surface area contributed by atoms with Crippen LogP contribution in [0.5, 0.6) is 0 Å². The van der Waals surface area contributed by atoms with E-state index in [1.54, 1.807) is 0 Å². The highest BCUT2D eigenvalue weighted by Gasteiger charge is 2.17. The summed E-state index contributed by atoms with van der Waals surface area (Å²) in [5.74, 6) is 3.66. The van der Waals surface area contributed by atoms with Crippen LogP contribution in [0.4, 0.5) is 5.82 Å². The Labute approximate surface area is 194 Å². The van der Waals surface area contributed by atoms with Gasteiger partial charge in [0.2, 0.25) is 0 Å². The Bertz CT molecular complexity index is 1000. The van der Waals surface area contributed by atoms with Gasteiger partial charge in [-0.1, -0.05) is 50.1 Å². The normalized spacial score (nSPS) is 18.2. The van der Waals surface area contributed by atoms with Gasteiger partial charge in [-0.25, -0.2) is 9.97 Å². The second kappa shape index (κ2) is 11.4. The SMILES string of the molecule is Cc1ccc(CNCC2CCC(C)CC2)cc1C.Cc1nc(N(C)C)c2ccccc2n1. The minimum absolute atomic E-state index is 0.812. The van der Waals surface area contributed by atoms with E-state index in [-0.39, 0.29) is 0 Å². The first kappa shape index (κ1) is 24.2. The molecule has 1 aliphatic carbocycles. The van der Waals surface area contributed by atoms with Crippen LogP contribution in [0.15, 0.2) is 42.5 Å². The summed E-state index contributed by atoms with van der Waals surface area (Å²) < 4.78 is 0. The zero-order chi connectivity index (χ0) is 23.1. The molecule has 1 aliphatic rings. The average molecular weight is 433 g/mol. The molecule has 3 aromatic rings. The fraction of sp³-hybridized carbons (Fsp3) is 0.500. The molecule has 0 spiro atoms. The van der Waals surface area contributed by atoms with Crippen LogP contribution in [-0.4, -0.2) is 30.6 Å². The second-order valence-electron chi connectivity index (χ2n) is 9.68. The minimum atomic E-state index is 0.812. The van der Waals surface area contributed by atoms with Crippen LogP contribution < -0.4 is 10.2 Å². The van der Waals surface area contributed by atoms with Gasteiger partial charge in [-0.3, -0.25) is 0 Å². The third kappa shape index (κ3) is 6.77. The summed E-state index contributed by atoms with van der Waals surface area (Å²) in [6, 6.07) is 14.8. The lowest BCUT2D eigenvalue weighted by Crippen LogP contribution is -2.25. The van der Waals surface area contributed by atoms with Crippen molar-refractivity contribution in [1.29, 1.82) is 0 Å². The molecule has 1 fully saturated rings. The van der Waals surface area contributed by atoms with Gasteiger partial charge in [-0.2, -0.15) is 0 Å². The predicted octanol–water partition coefficient (Wildman–Crippen LogP) is 6.22. The molecule has 172 valence electrons. The summed E-state index contributed by atoms with van der Waals surface area (Å²) in [7, 11) is 3.99. The van der Waals surface area contributed by atoms with Gasteiger partial charge in [0.1, 0.15) is 11.6 Å². The van der Waals surface area contributed by atoms with Crippen molar-refractivity contribution in [1.82, 2.24) is 15.3 Å². The number of fused-ring (bicyclic) bond motifs is 1. The molecule has 0 saturated heterocycles. The molecule has 4 nitrogen and oxygen atoms in total. The third-order valence-electron chi connectivity index (χ3n) is 6.59. The zero-order valence-electron chi connectivity index (χ0n) is 20.8. The molecule has 0 unspecified atom stereocenters. The third-order valence-corrected chi connectivity index (χ3v) is 6.59. The Kier molecular flexibility index (Phi) is 8.63. The van der Waals surface area contributed by atoms with Crippen LogP contribution in [0.3, 0.4) is 0 Å². The summed E-state index contributed by atoms with van der Waals surface area (Å²) in [6.45, 7) is 10.9. The molecule has 0 atom stereocenters. The van der Waals surface area contributed by atoms with E-state index in [4.69, 9.17) is 0 Å². The van der Waals surface area contributed by atoms with E-state index in [1.807, 2.05) is 50.2 Å². The number of hydrogen-bond donors (Lipinski definition) is 1. The van der Waals surface area contributed by atoms with Crippen molar-refractivity contribution in [2.24, 2.45) is 11.8 Å². The van der Waals surface area contributed by atoms with Crippen molar-refractivity contribution in [2.45, 2.75) is 59.9 Å². The fourth-order valence-corrected chi connectivity index (χ4v) is 4.38. The first-order valence-corrected chi connectivity index (χ1v) is 12.0. The number of aromatic nitrogens is 2. The smallest absolute Gasteiger partial charge is 0.139 e. The van der Waals surface area contributed by atoms with Crippen molar-refractivity contribution >= 4 is 16.7 Å². The van der Waals surface area contributed by atoms with E-state index < -0.39 is 0 Å². The Morgan fingerprint density at radius 3 is 2.31 bits per heavy atom. The van der Waals surface area contributed by atoms with E-state index in [1.165, 1.54) is 48.9 Å². The molecule has 0 radical (unpaired) electrons. The summed E-state index contributed by atoms with van der Waals surface area (Å²) in [5.41, 5.74) is 5.21. The summed E-state index contributed by atoms with van der Waals surface area (Å²) >= 11 is 0. The molecule has 1 saturated carbocycles. The van der Waals surface area contributed by atoms with Crippen LogP contribution in [0, 0.1) is 32.6 Å². The molecule has 2 aromatic carbocycles. The van der Waals surface area contributed by atoms with Crippen LogP contribution in [0.1, 0.15) is 55.1 Å². The van der Waals surface area contributed by atoms with Gasteiger partial charge >= 0.3 is 0 Å². The number of rotatable bonds is 5. The van der Waals surface area contributed by atoms with Crippen molar-refractivity contribution in [3.05, 3.63) is 65.0 Å². The lowest BCUT2D eigenvalue weighted by atomic mass is 9.83. The Morgan fingerprint density at radius 1 is 0.906 bits per heavy atom. The first-order valence-electron chi connectivity index (χ1n) is 12.0. The number of aryl methyl sites for hydroxylation is 3. The Balaban J connectivity index is 0.000000186. The Morgan fingerprint density at radius 2 is 1.62 bits per heavy atom. The van der Waals surface area contributed by atoms with Crippen molar-refractivity contribution < 1.29 is 0 Å². The number of nitrogens with one attached hydrogen (secondary N) is 1. The maximum atomic E-state index is 4.42. The molecule has 4 rings (SSSR count). The van der Waals surface area contributed by atoms with Gasteiger partial charge in [0, 0.05) is 26.0 Å².